The number of aromatic nitrogens is 2. The third-order valence-corrected chi connectivity index (χ3v) is 5.63. The molecule has 2 heterocycles. The molecular weight excluding hydrogens is 356 g/mol. The third-order valence-electron chi connectivity index (χ3n) is 5.63. The summed E-state index contributed by atoms with van der Waals surface area (Å²) in [4.78, 5) is 39.6. The van der Waals surface area contributed by atoms with Crippen LogP contribution in [0.3, 0.4) is 0 Å². The molecule has 2 aromatic rings. The molecule has 3 aliphatic rings. The zero-order chi connectivity index (χ0) is 19.6. The van der Waals surface area contributed by atoms with Crippen molar-refractivity contribution in [3.63, 3.8) is 0 Å². The monoisotopic (exact) mass is 374 g/mol. The summed E-state index contributed by atoms with van der Waals surface area (Å²) in [6.07, 6.45) is 2.46. The van der Waals surface area contributed by atoms with E-state index in [-0.39, 0.29) is 34.1 Å². The summed E-state index contributed by atoms with van der Waals surface area (Å²) in [6, 6.07) is 8.45. The molecule has 0 saturated carbocycles. The molecule has 1 aromatic heterocycles. The Morgan fingerprint density at radius 2 is 1.71 bits per heavy atom. The molecule has 0 bridgehead atoms. The Labute approximate surface area is 161 Å². The Bertz CT molecular complexity index is 1120. The van der Waals surface area contributed by atoms with Gasteiger partial charge in [0.05, 0.1) is 11.5 Å². The van der Waals surface area contributed by atoms with Gasteiger partial charge in [0.25, 0.3) is 0 Å². The SMILES string of the molecule is CC1(C)CC(=O)C2=C(C1)OC1=C(C(=O)c3ccccc3C1=O)C2c1ccn[nH]1. The predicted molar refractivity (Wildman–Crippen MR) is 99.6 cm³/mol. The van der Waals surface area contributed by atoms with Crippen molar-refractivity contribution in [3.05, 3.63) is 76.0 Å². The van der Waals surface area contributed by atoms with E-state index in [1.165, 1.54) is 0 Å². The van der Waals surface area contributed by atoms with Gasteiger partial charge >= 0.3 is 0 Å². The van der Waals surface area contributed by atoms with E-state index in [0.29, 0.717) is 41.0 Å². The normalized spacial score (nSPS) is 23.2. The van der Waals surface area contributed by atoms with Gasteiger partial charge in [-0.15, -0.1) is 0 Å². The van der Waals surface area contributed by atoms with Gasteiger partial charge < -0.3 is 4.74 Å². The minimum atomic E-state index is -0.672. The average molecular weight is 374 g/mol. The van der Waals surface area contributed by atoms with Gasteiger partial charge in [-0.3, -0.25) is 19.5 Å². The Balaban J connectivity index is 1.76. The number of nitrogens with zero attached hydrogens (tertiary/aromatic N) is 1. The lowest BCUT2D eigenvalue weighted by molar-refractivity contribution is -0.119. The lowest BCUT2D eigenvalue weighted by atomic mass is 9.68. The summed E-state index contributed by atoms with van der Waals surface area (Å²) in [5.41, 5.74) is 1.69. The molecule has 6 nitrogen and oxygen atoms in total. The molecular formula is C22H18N2O4. The first-order valence-electron chi connectivity index (χ1n) is 9.23. The molecule has 0 spiro atoms. The molecule has 1 unspecified atom stereocenters. The fourth-order valence-corrected chi connectivity index (χ4v) is 4.43. The van der Waals surface area contributed by atoms with E-state index in [1.54, 1.807) is 36.5 Å². The number of carbonyl (C=O) groups excluding carboxylic acids is 3. The van der Waals surface area contributed by atoms with Crippen LogP contribution in [-0.4, -0.2) is 27.5 Å². The van der Waals surface area contributed by atoms with Crippen LogP contribution in [-0.2, 0) is 9.53 Å². The maximum Gasteiger partial charge on any atom is 0.229 e. The standard InChI is InChI=1S/C22H18N2O4/c1-22(2)9-14(25)17-15(10-22)28-21-18(16(17)13-7-8-23-24-13)19(26)11-5-3-4-6-12(11)20(21)27/h3-8,16H,9-10H2,1-2H3,(H,23,24). The quantitative estimate of drug-likeness (QED) is 0.825. The third kappa shape index (κ3) is 2.27. The van der Waals surface area contributed by atoms with E-state index < -0.39 is 5.92 Å². The van der Waals surface area contributed by atoms with Crippen LogP contribution in [0.5, 0.6) is 0 Å². The van der Waals surface area contributed by atoms with Gasteiger partial charge in [-0.1, -0.05) is 38.1 Å². The van der Waals surface area contributed by atoms with Crippen LogP contribution in [0.1, 0.15) is 59.0 Å². The molecule has 0 fully saturated rings. The van der Waals surface area contributed by atoms with E-state index in [1.807, 2.05) is 13.8 Å². The van der Waals surface area contributed by atoms with Gasteiger partial charge in [-0.25, -0.2) is 0 Å². The van der Waals surface area contributed by atoms with Crippen molar-refractivity contribution < 1.29 is 19.1 Å². The molecule has 28 heavy (non-hydrogen) atoms. The van der Waals surface area contributed by atoms with Crippen LogP contribution in [0.4, 0.5) is 0 Å². The van der Waals surface area contributed by atoms with E-state index >= 15 is 0 Å². The molecule has 140 valence electrons. The lowest BCUT2D eigenvalue weighted by Crippen LogP contribution is -2.37. The Kier molecular flexibility index (Phi) is 3.38. The number of carbonyl (C=O) groups is 3. The smallest absolute Gasteiger partial charge is 0.229 e. The van der Waals surface area contributed by atoms with E-state index in [2.05, 4.69) is 10.2 Å². The maximum absolute atomic E-state index is 13.4. The Hall–Kier alpha value is -3.28. The highest BCUT2D eigenvalue weighted by atomic mass is 16.5. The van der Waals surface area contributed by atoms with E-state index in [0.717, 1.165) is 0 Å². The van der Waals surface area contributed by atoms with Crippen molar-refractivity contribution in [3.8, 4) is 0 Å². The number of allylic oxidation sites excluding steroid dienone is 4. The van der Waals surface area contributed by atoms with Crippen molar-refractivity contribution in [1.29, 1.82) is 0 Å². The number of rotatable bonds is 1. The highest BCUT2D eigenvalue weighted by Crippen LogP contribution is 2.50. The zero-order valence-electron chi connectivity index (χ0n) is 15.5. The summed E-state index contributed by atoms with van der Waals surface area (Å²) in [7, 11) is 0. The van der Waals surface area contributed by atoms with Crippen molar-refractivity contribution in [2.24, 2.45) is 5.41 Å². The summed E-state index contributed by atoms with van der Waals surface area (Å²) in [6.45, 7) is 3.99. The van der Waals surface area contributed by atoms with Crippen molar-refractivity contribution in [2.75, 3.05) is 0 Å². The number of H-pyrrole nitrogens is 1. The number of ketones is 3. The van der Waals surface area contributed by atoms with Crippen LogP contribution in [0, 0.1) is 5.41 Å². The summed E-state index contributed by atoms with van der Waals surface area (Å²) in [5, 5.41) is 6.88. The fraction of sp³-hybridized carbons (Fsp3) is 0.273. The van der Waals surface area contributed by atoms with Gasteiger partial charge in [0.1, 0.15) is 5.76 Å². The molecule has 6 heteroatoms. The number of nitrogens with one attached hydrogen (secondary N) is 1. The number of aromatic amines is 1. The number of ether oxygens (including phenoxy) is 1. The van der Waals surface area contributed by atoms with Gasteiger partial charge in [0.2, 0.25) is 5.78 Å². The molecule has 1 aromatic carbocycles. The highest BCUT2D eigenvalue weighted by molar-refractivity contribution is 6.27. The first kappa shape index (κ1) is 16.9. The average Bonchev–Trinajstić information content (AvgIpc) is 3.18. The van der Waals surface area contributed by atoms with E-state index in [4.69, 9.17) is 4.74 Å². The molecule has 0 radical (unpaired) electrons. The zero-order valence-corrected chi connectivity index (χ0v) is 15.5. The summed E-state index contributed by atoms with van der Waals surface area (Å²) in [5.74, 6) is -0.815. The maximum atomic E-state index is 13.4. The second-order valence-corrected chi connectivity index (χ2v) is 8.27. The van der Waals surface area contributed by atoms with E-state index in [9.17, 15) is 14.4 Å². The molecule has 2 aliphatic carbocycles. The first-order chi connectivity index (χ1) is 13.4. The molecule has 0 amide bonds. The number of Topliss-reactive ketones (excluding diaryl/α,β-unsaturated/α-hetero) is 3. The molecule has 1 atom stereocenters. The second kappa shape index (κ2) is 5.61. The molecule has 0 saturated heterocycles. The molecule has 1 aliphatic heterocycles. The molecule has 1 N–H and O–H groups in total. The van der Waals surface area contributed by atoms with Crippen LogP contribution in [0.25, 0.3) is 0 Å². The van der Waals surface area contributed by atoms with Gasteiger partial charge in [0.15, 0.2) is 17.3 Å². The second-order valence-electron chi connectivity index (χ2n) is 8.27. The fourth-order valence-electron chi connectivity index (χ4n) is 4.43. The summed E-state index contributed by atoms with van der Waals surface area (Å²) >= 11 is 0. The van der Waals surface area contributed by atoms with Crippen LogP contribution in [0.2, 0.25) is 0 Å². The lowest BCUT2D eigenvalue weighted by Gasteiger charge is -2.39. The van der Waals surface area contributed by atoms with Gasteiger partial charge in [0, 0.05) is 41.4 Å². The Morgan fingerprint density at radius 1 is 1.00 bits per heavy atom. The van der Waals surface area contributed by atoms with Gasteiger partial charge in [-0.05, 0) is 11.5 Å². The van der Waals surface area contributed by atoms with Gasteiger partial charge in [-0.2, -0.15) is 5.10 Å². The summed E-state index contributed by atoms with van der Waals surface area (Å²) < 4.78 is 6.00. The van der Waals surface area contributed by atoms with Crippen LogP contribution < -0.4 is 0 Å². The van der Waals surface area contributed by atoms with Crippen LogP contribution in [0.15, 0.2) is 59.2 Å². The number of benzene rings is 1. The predicted octanol–water partition coefficient (Wildman–Crippen LogP) is 3.50. The Morgan fingerprint density at radius 3 is 2.39 bits per heavy atom. The number of hydrogen-bond acceptors (Lipinski definition) is 5. The largest absolute Gasteiger partial charge is 0.457 e. The number of fused-ring (bicyclic) bond motifs is 1. The minimum absolute atomic E-state index is 0.0348. The first-order valence-corrected chi connectivity index (χ1v) is 9.23. The molecule has 5 rings (SSSR count). The van der Waals surface area contributed by atoms with Crippen molar-refractivity contribution >= 4 is 17.3 Å². The minimum Gasteiger partial charge on any atom is -0.457 e. The van der Waals surface area contributed by atoms with Crippen LogP contribution >= 0.6 is 0 Å². The van der Waals surface area contributed by atoms with Crippen molar-refractivity contribution in [2.45, 2.75) is 32.6 Å². The van der Waals surface area contributed by atoms with Crippen molar-refractivity contribution in [1.82, 2.24) is 10.2 Å². The highest BCUT2D eigenvalue weighted by Gasteiger charge is 2.48. The topological polar surface area (TPSA) is 89.1 Å². The number of hydrogen-bond donors (Lipinski definition) is 1.